The molecule has 26 heavy (non-hydrogen) atoms. The van der Waals surface area contributed by atoms with Gasteiger partial charge in [0.05, 0.1) is 7.11 Å². The maximum Gasteiger partial charge on any atom is 0.227 e. The normalized spacial score (nSPS) is 15.7. The highest BCUT2D eigenvalue weighted by Gasteiger charge is 2.25. The van der Waals surface area contributed by atoms with Crippen LogP contribution >= 0.6 is 11.6 Å². The first-order chi connectivity index (χ1) is 12.5. The maximum atomic E-state index is 12.6. The van der Waals surface area contributed by atoms with Gasteiger partial charge in [-0.05, 0) is 68.2 Å². The first kappa shape index (κ1) is 18.7. The van der Waals surface area contributed by atoms with E-state index in [0.717, 1.165) is 49.5 Å². The number of likely N-dealkylation sites (tertiary alicyclic amines) is 1. The quantitative estimate of drug-likeness (QED) is 0.839. The van der Waals surface area contributed by atoms with Gasteiger partial charge in [-0.3, -0.25) is 9.69 Å². The van der Waals surface area contributed by atoms with E-state index in [4.69, 9.17) is 16.3 Å². The van der Waals surface area contributed by atoms with Crippen LogP contribution in [0.25, 0.3) is 0 Å². The lowest BCUT2D eigenvalue weighted by atomic mass is 9.95. The van der Waals surface area contributed by atoms with Crippen LogP contribution in [0.4, 0.5) is 5.69 Å². The van der Waals surface area contributed by atoms with Crippen LogP contribution in [0.15, 0.2) is 42.5 Å². The predicted molar refractivity (Wildman–Crippen MR) is 106 cm³/mol. The zero-order chi connectivity index (χ0) is 18.5. The molecule has 2 aromatic rings. The van der Waals surface area contributed by atoms with E-state index in [1.165, 1.54) is 5.56 Å². The van der Waals surface area contributed by atoms with Crippen LogP contribution in [0.5, 0.6) is 5.75 Å². The van der Waals surface area contributed by atoms with Crippen LogP contribution in [0.2, 0.25) is 5.02 Å². The van der Waals surface area contributed by atoms with Gasteiger partial charge in [-0.1, -0.05) is 29.8 Å². The molecule has 138 valence electrons. The molecule has 1 heterocycles. The highest BCUT2D eigenvalue weighted by Crippen LogP contribution is 2.24. The Bertz CT molecular complexity index is 770. The number of piperidine rings is 1. The van der Waals surface area contributed by atoms with E-state index in [2.05, 4.69) is 22.3 Å². The van der Waals surface area contributed by atoms with Crippen molar-refractivity contribution in [2.45, 2.75) is 26.3 Å². The van der Waals surface area contributed by atoms with E-state index < -0.39 is 0 Å². The molecule has 0 spiro atoms. The molecule has 0 saturated carbocycles. The minimum atomic E-state index is 0.0509. The Labute approximate surface area is 160 Å². The highest BCUT2D eigenvalue weighted by molar-refractivity contribution is 6.31. The number of anilines is 1. The summed E-state index contributed by atoms with van der Waals surface area (Å²) < 4.78 is 5.29. The molecule has 1 amide bonds. The van der Waals surface area contributed by atoms with Gasteiger partial charge in [0.1, 0.15) is 5.75 Å². The molecule has 1 aliphatic rings. The van der Waals surface area contributed by atoms with Gasteiger partial charge in [0.2, 0.25) is 5.91 Å². The van der Waals surface area contributed by atoms with Crippen molar-refractivity contribution in [3.8, 4) is 5.75 Å². The fourth-order valence-electron chi connectivity index (χ4n) is 3.35. The van der Waals surface area contributed by atoms with E-state index in [-0.39, 0.29) is 11.8 Å². The lowest BCUT2D eigenvalue weighted by molar-refractivity contribution is -0.121. The Morgan fingerprint density at radius 2 is 2.00 bits per heavy atom. The summed E-state index contributed by atoms with van der Waals surface area (Å²) in [6, 6.07) is 13.7. The molecule has 0 atom stereocenters. The van der Waals surface area contributed by atoms with Crippen molar-refractivity contribution >= 4 is 23.2 Å². The summed E-state index contributed by atoms with van der Waals surface area (Å²) in [7, 11) is 1.69. The largest absolute Gasteiger partial charge is 0.497 e. The highest BCUT2D eigenvalue weighted by atomic mass is 35.5. The average molecular weight is 373 g/mol. The number of halogens is 1. The summed E-state index contributed by atoms with van der Waals surface area (Å²) in [4.78, 5) is 15.0. The number of nitrogens with zero attached hydrogens (tertiary/aromatic N) is 1. The number of carbonyl (C=O) groups excluding carboxylic acids is 1. The molecule has 1 N–H and O–H groups in total. The Kier molecular flexibility index (Phi) is 6.17. The second-order valence-corrected chi connectivity index (χ2v) is 7.29. The summed E-state index contributed by atoms with van der Waals surface area (Å²) in [6.07, 6.45) is 1.74. The van der Waals surface area contributed by atoms with Crippen LogP contribution < -0.4 is 10.1 Å². The summed E-state index contributed by atoms with van der Waals surface area (Å²) in [6.45, 7) is 4.70. The molecule has 5 heteroatoms. The van der Waals surface area contributed by atoms with Crippen molar-refractivity contribution in [3.05, 3.63) is 58.6 Å². The van der Waals surface area contributed by atoms with Crippen molar-refractivity contribution in [2.24, 2.45) is 5.92 Å². The molecule has 0 aromatic heterocycles. The molecule has 4 nitrogen and oxygen atoms in total. The van der Waals surface area contributed by atoms with Crippen LogP contribution in [0, 0.1) is 12.8 Å². The SMILES string of the molecule is COc1cccc(CN2CCC(C(=O)Nc3cc(Cl)ccc3C)CC2)c1. The first-order valence-electron chi connectivity index (χ1n) is 8.97. The zero-order valence-electron chi connectivity index (χ0n) is 15.3. The van der Waals surface area contributed by atoms with Crippen molar-refractivity contribution < 1.29 is 9.53 Å². The molecule has 2 aromatic carbocycles. The molecule has 0 aliphatic carbocycles. The second-order valence-electron chi connectivity index (χ2n) is 6.85. The van der Waals surface area contributed by atoms with Gasteiger partial charge in [-0.2, -0.15) is 0 Å². The van der Waals surface area contributed by atoms with Crippen LogP contribution in [-0.4, -0.2) is 31.0 Å². The Morgan fingerprint density at radius 1 is 1.23 bits per heavy atom. The van der Waals surface area contributed by atoms with E-state index in [1.807, 2.05) is 37.3 Å². The van der Waals surface area contributed by atoms with Crippen molar-refractivity contribution in [2.75, 3.05) is 25.5 Å². The van der Waals surface area contributed by atoms with E-state index in [9.17, 15) is 4.79 Å². The lowest BCUT2D eigenvalue weighted by Crippen LogP contribution is -2.37. The molecule has 3 rings (SSSR count). The van der Waals surface area contributed by atoms with Crippen LogP contribution in [-0.2, 0) is 11.3 Å². The van der Waals surface area contributed by atoms with Crippen molar-refractivity contribution in [1.82, 2.24) is 4.90 Å². The zero-order valence-corrected chi connectivity index (χ0v) is 16.1. The molecule has 0 radical (unpaired) electrons. The number of hydrogen-bond donors (Lipinski definition) is 1. The monoisotopic (exact) mass is 372 g/mol. The molecule has 1 aliphatic heterocycles. The molecule has 1 fully saturated rings. The third-order valence-corrected chi connectivity index (χ3v) is 5.19. The van der Waals surface area contributed by atoms with Crippen molar-refractivity contribution in [3.63, 3.8) is 0 Å². The number of amides is 1. The molecule has 0 unspecified atom stereocenters. The number of nitrogens with one attached hydrogen (secondary N) is 1. The minimum absolute atomic E-state index is 0.0509. The number of rotatable bonds is 5. The van der Waals surface area contributed by atoms with Gasteiger partial charge < -0.3 is 10.1 Å². The smallest absolute Gasteiger partial charge is 0.227 e. The number of benzene rings is 2. The van der Waals surface area contributed by atoms with E-state index in [1.54, 1.807) is 7.11 Å². The second kappa shape index (κ2) is 8.56. The van der Waals surface area contributed by atoms with Gasteiger partial charge >= 0.3 is 0 Å². The van der Waals surface area contributed by atoms with Gasteiger partial charge in [0, 0.05) is 23.2 Å². The van der Waals surface area contributed by atoms with Gasteiger partial charge in [-0.25, -0.2) is 0 Å². The Morgan fingerprint density at radius 3 is 2.73 bits per heavy atom. The minimum Gasteiger partial charge on any atom is -0.497 e. The summed E-state index contributed by atoms with van der Waals surface area (Å²) in [5.41, 5.74) is 3.07. The number of aryl methyl sites for hydroxylation is 1. The summed E-state index contributed by atoms with van der Waals surface area (Å²) in [5, 5.41) is 3.68. The molecular formula is C21H25ClN2O2. The lowest BCUT2D eigenvalue weighted by Gasteiger charge is -2.31. The predicted octanol–water partition coefficient (Wildman–Crippen LogP) is 4.51. The fourth-order valence-corrected chi connectivity index (χ4v) is 3.52. The standard InChI is InChI=1S/C21H25ClN2O2/c1-15-6-7-18(22)13-20(15)23-21(25)17-8-10-24(11-9-17)14-16-4-3-5-19(12-16)26-2/h3-7,12-13,17H,8-11,14H2,1-2H3,(H,23,25). The Balaban J connectivity index is 1.52. The van der Waals surface area contributed by atoms with Crippen LogP contribution in [0.3, 0.4) is 0 Å². The molecule has 1 saturated heterocycles. The number of carbonyl (C=O) groups is 1. The van der Waals surface area contributed by atoms with Crippen LogP contribution in [0.1, 0.15) is 24.0 Å². The van der Waals surface area contributed by atoms with Gasteiger partial charge in [0.15, 0.2) is 0 Å². The third kappa shape index (κ3) is 4.77. The third-order valence-electron chi connectivity index (χ3n) is 4.96. The first-order valence-corrected chi connectivity index (χ1v) is 9.35. The number of methoxy groups -OCH3 is 1. The Hall–Kier alpha value is -2.04. The average Bonchev–Trinajstić information content (AvgIpc) is 2.65. The molecular weight excluding hydrogens is 348 g/mol. The van der Waals surface area contributed by atoms with Gasteiger partial charge in [-0.15, -0.1) is 0 Å². The van der Waals surface area contributed by atoms with E-state index in [0.29, 0.717) is 5.02 Å². The van der Waals surface area contributed by atoms with Gasteiger partial charge in [0.25, 0.3) is 0 Å². The fraction of sp³-hybridized carbons (Fsp3) is 0.381. The van der Waals surface area contributed by atoms with Crippen molar-refractivity contribution in [1.29, 1.82) is 0 Å². The summed E-state index contributed by atoms with van der Waals surface area (Å²) in [5.74, 6) is 1.03. The maximum absolute atomic E-state index is 12.6. The number of hydrogen-bond acceptors (Lipinski definition) is 3. The van der Waals surface area contributed by atoms with E-state index >= 15 is 0 Å². The summed E-state index contributed by atoms with van der Waals surface area (Å²) >= 11 is 6.04. The molecule has 0 bridgehead atoms. The number of ether oxygens (including phenoxy) is 1. The topological polar surface area (TPSA) is 41.6 Å².